The van der Waals surface area contributed by atoms with Crippen molar-refractivity contribution in [1.29, 1.82) is 0 Å². The molecule has 0 aromatic heterocycles. The fraction of sp³-hybridized carbons (Fsp3) is 0.455. The van der Waals surface area contributed by atoms with Gasteiger partial charge in [-0.1, -0.05) is 34.1 Å². The smallest absolute Gasteiger partial charge is 0.0546 e. The quantitative estimate of drug-likeness (QED) is 0.871. The highest BCUT2D eigenvalue weighted by molar-refractivity contribution is 9.10. The van der Waals surface area contributed by atoms with Gasteiger partial charge in [-0.05, 0) is 24.5 Å². The number of aliphatic hydroxyl groups excluding tert-OH is 1. The summed E-state index contributed by atoms with van der Waals surface area (Å²) in [6.07, 6.45) is 1.83. The van der Waals surface area contributed by atoms with E-state index < -0.39 is 10.8 Å². The lowest BCUT2D eigenvalue weighted by atomic mass is 10.1. The third kappa shape index (κ3) is 4.91. The minimum atomic E-state index is -0.866. The van der Waals surface area contributed by atoms with Gasteiger partial charge < -0.3 is 5.11 Å². The number of aliphatic hydroxyl groups is 1. The molecule has 1 rings (SSSR count). The molecule has 0 saturated carbocycles. The third-order valence-electron chi connectivity index (χ3n) is 2.09. The van der Waals surface area contributed by atoms with E-state index in [0.717, 1.165) is 17.3 Å². The zero-order valence-electron chi connectivity index (χ0n) is 8.49. The SMILES string of the molecule is O=[S@](CCO)CCCc1ccccc1Br. The Hall–Kier alpha value is -0.190. The maximum absolute atomic E-state index is 11.3. The predicted molar refractivity (Wildman–Crippen MR) is 67.4 cm³/mol. The summed E-state index contributed by atoms with van der Waals surface area (Å²) in [4.78, 5) is 0. The molecule has 0 heterocycles. The standard InChI is InChI=1S/C11H15BrO2S/c12-11-6-2-1-4-10(11)5-3-8-15(14)9-7-13/h1-2,4,6,13H,3,5,7-9H2/t15-/m0/s1. The number of benzene rings is 1. The lowest BCUT2D eigenvalue weighted by Gasteiger charge is -2.03. The number of hydrogen-bond donors (Lipinski definition) is 1. The molecule has 0 aliphatic rings. The van der Waals surface area contributed by atoms with Gasteiger partial charge in [0.2, 0.25) is 0 Å². The highest BCUT2D eigenvalue weighted by atomic mass is 79.9. The van der Waals surface area contributed by atoms with E-state index in [1.165, 1.54) is 5.56 Å². The molecule has 0 bridgehead atoms. The first kappa shape index (κ1) is 12.9. The molecule has 1 aromatic rings. The van der Waals surface area contributed by atoms with Crippen molar-refractivity contribution in [1.82, 2.24) is 0 Å². The van der Waals surface area contributed by atoms with Crippen LogP contribution in [0.25, 0.3) is 0 Å². The monoisotopic (exact) mass is 290 g/mol. The molecule has 0 aliphatic heterocycles. The van der Waals surface area contributed by atoms with E-state index in [4.69, 9.17) is 5.11 Å². The fourth-order valence-corrected chi connectivity index (χ4v) is 2.69. The van der Waals surface area contributed by atoms with Gasteiger partial charge in [-0.3, -0.25) is 4.21 Å². The topological polar surface area (TPSA) is 37.3 Å². The second-order valence-corrected chi connectivity index (χ2v) is 5.82. The van der Waals surface area contributed by atoms with Crippen LogP contribution in [0.2, 0.25) is 0 Å². The van der Waals surface area contributed by atoms with Crippen molar-refractivity contribution in [3.8, 4) is 0 Å². The van der Waals surface area contributed by atoms with Crippen LogP contribution < -0.4 is 0 Å². The second-order valence-electron chi connectivity index (χ2n) is 3.27. The molecule has 0 amide bonds. The fourth-order valence-electron chi connectivity index (χ4n) is 1.33. The van der Waals surface area contributed by atoms with Crippen molar-refractivity contribution < 1.29 is 9.32 Å². The highest BCUT2D eigenvalue weighted by Crippen LogP contribution is 2.17. The number of aryl methyl sites for hydroxylation is 1. The maximum atomic E-state index is 11.3. The molecule has 0 radical (unpaired) electrons. The van der Waals surface area contributed by atoms with Crippen LogP contribution in [0.3, 0.4) is 0 Å². The van der Waals surface area contributed by atoms with Gasteiger partial charge in [0, 0.05) is 26.8 Å². The molecule has 1 aromatic carbocycles. The molecular weight excluding hydrogens is 276 g/mol. The summed E-state index contributed by atoms with van der Waals surface area (Å²) in [6.45, 7) is 0.0155. The van der Waals surface area contributed by atoms with Crippen molar-refractivity contribution in [3.05, 3.63) is 34.3 Å². The van der Waals surface area contributed by atoms with E-state index in [1.807, 2.05) is 18.2 Å². The minimum Gasteiger partial charge on any atom is -0.395 e. The van der Waals surface area contributed by atoms with Gasteiger partial charge >= 0.3 is 0 Å². The summed E-state index contributed by atoms with van der Waals surface area (Å²) in [7, 11) is -0.866. The van der Waals surface area contributed by atoms with Crippen LogP contribution in [0.1, 0.15) is 12.0 Å². The molecule has 0 aliphatic carbocycles. The Labute approximate surface area is 101 Å². The third-order valence-corrected chi connectivity index (χ3v) is 4.25. The summed E-state index contributed by atoms with van der Waals surface area (Å²) in [5, 5.41) is 8.60. The van der Waals surface area contributed by atoms with E-state index in [2.05, 4.69) is 22.0 Å². The van der Waals surface area contributed by atoms with Crippen molar-refractivity contribution in [2.24, 2.45) is 0 Å². The minimum absolute atomic E-state index is 0.0155. The molecule has 2 nitrogen and oxygen atoms in total. The van der Waals surface area contributed by atoms with E-state index in [-0.39, 0.29) is 6.61 Å². The van der Waals surface area contributed by atoms with Gasteiger partial charge in [-0.15, -0.1) is 0 Å². The van der Waals surface area contributed by atoms with Crippen molar-refractivity contribution in [3.63, 3.8) is 0 Å². The number of rotatable bonds is 6. The van der Waals surface area contributed by atoms with Crippen LogP contribution in [0, 0.1) is 0 Å². The molecule has 84 valence electrons. The maximum Gasteiger partial charge on any atom is 0.0546 e. The van der Waals surface area contributed by atoms with Crippen LogP contribution in [0.4, 0.5) is 0 Å². The average Bonchev–Trinajstić information content (AvgIpc) is 2.21. The van der Waals surface area contributed by atoms with Crippen LogP contribution in [-0.2, 0) is 17.2 Å². The van der Waals surface area contributed by atoms with E-state index in [1.54, 1.807) is 0 Å². The lowest BCUT2D eigenvalue weighted by molar-refractivity contribution is 0.321. The summed E-state index contributed by atoms with van der Waals surface area (Å²) in [5.74, 6) is 1.07. The molecule has 0 spiro atoms. The summed E-state index contributed by atoms with van der Waals surface area (Å²) >= 11 is 3.48. The lowest BCUT2D eigenvalue weighted by Crippen LogP contribution is -2.06. The van der Waals surface area contributed by atoms with Crippen molar-refractivity contribution >= 4 is 26.7 Å². The molecular formula is C11H15BrO2S. The van der Waals surface area contributed by atoms with Crippen LogP contribution in [0.15, 0.2) is 28.7 Å². The van der Waals surface area contributed by atoms with Gasteiger partial charge in [-0.2, -0.15) is 0 Å². The first-order chi connectivity index (χ1) is 7.24. The van der Waals surface area contributed by atoms with Crippen molar-refractivity contribution in [2.45, 2.75) is 12.8 Å². The molecule has 1 N–H and O–H groups in total. The Kier molecular flexibility index (Phi) is 6.13. The Morgan fingerprint density at radius 3 is 2.67 bits per heavy atom. The zero-order valence-corrected chi connectivity index (χ0v) is 10.9. The first-order valence-electron chi connectivity index (χ1n) is 4.93. The van der Waals surface area contributed by atoms with Gasteiger partial charge in [0.05, 0.1) is 6.61 Å². The van der Waals surface area contributed by atoms with Crippen molar-refractivity contribution in [2.75, 3.05) is 18.1 Å². The zero-order chi connectivity index (χ0) is 11.1. The van der Waals surface area contributed by atoms with Gasteiger partial charge in [-0.25, -0.2) is 0 Å². The predicted octanol–water partition coefficient (Wildman–Crippen LogP) is 2.12. The Morgan fingerprint density at radius 2 is 2.00 bits per heavy atom. The summed E-state index contributed by atoms with van der Waals surface area (Å²) in [5.41, 5.74) is 1.25. The first-order valence-corrected chi connectivity index (χ1v) is 7.21. The number of halogens is 1. The van der Waals surface area contributed by atoms with Gasteiger partial charge in [0.1, 0.15) is 0 Å². The Balaban J connectivity index is 2.32. The van der Waals surface area contributed by atoms with Crippen LogP contribution in [0.5, 0.6) is 0 Å². The Morgan fingerprint density at radius 1 is 1.27 bits per heavy atom. The molecule has 0 unspecified atom stereocenters. The number of hydrogen-bond acceptors (Lipinski definition) is 2. The van der Waals surface area contributed by atoms with E-state index in [9.17, 15) is 4.21 Å². The van der Waals surface area contributed by atoms with Gasteiger partial charge in [0.25, 0.3) is 0 Å². The second kappa shape index (κ2) is 7.14. The summed E-state index contributed by atoms with van der Waals surface area (Å²) < 4.78 is 12.4. The summed E-state index contributed by atoms with van der Waals surface area (Å²) in [6, 6.07) is 8.07. The Bertz CT molecular complexity index is 328. The highest BCUT2D eigenvalue weighted by Gasteiger charge is 2.01. The molecule has 0 saturated heterocycles. The normalized spacial score (nSPS) is 12.7. The molecule has 15 heavy (non-hydrogen) atoms. The molecule has 0 fully saturated rings. The van der Waals surface area contributed by atoms with Crippen LogP contribution in [-0.4, -0.2) is 27.4 Å². The van der Waals surface area contributed by atoms with Crippen LogP contribution >= 0.6 is 15.9 Å². The van der Waals surface area contributed by atoms with Gasteiger partial charge in [0.15, 0.2) is 0 Å². The van der Waals surface area contributed by atoms with E-state index in [0.29, 0.717) is 11.5 Å². The molecule has 1 atom stereocenters. The largest absolute Gasteiger partial charge is 0.395 e. The molecule has 4 heteroatoms. The average molecular weight is 291 g/mol. The van der Waals surface area contributed by atoms with E-state index >= 15 is 0 Å².